The highest BCUT2D eigenvalue weighted by molar-refractivity contribution is 5.03. The van der Waals surface area contributed by atoms with Crippen LogP contribution in [0.5, 0.6) is 0 Å². The third-order valence-corrected chi connectivity index (χ3v) is 2.19. The van der Waals surface area contributed by atoms with E-state index in [1.807, 2.05) is 0 Å². The summed E-state index contributed by atoms with van der Waals surface area (Å²) in [5.74, 6) is 0. The van der Waals surface area contributed by atoms with Crippen LogP contribution in [0, 0.1) is 0 Å². The predicted octanol–water partition coefficient (Wildman–Crippen LogP) is -0.338. The number of nitrogens with one attached hydrogen (secondary N) is 1. The molecule has 1 N–H and O–H groups in total. The molecule has 2 aliphatic rings. The first-order chi connectivity index (χ1) is 3.88. The minimum Gasteiger partial charge on any atom is -0.311 e. The molecule has 1 aliphatic carbocycles. The summed E-state index contributed by atoms with van der Waals surface area (Å²) in [7, 11) is 2.21. The van der Waals surface area contributed by atoms with E-state index in [2.05, 4.69) is 17.3 Å². The topological polar surface area (TPSA) is 15.3 Å². The molecule has 0 amide bonds. The Morgan fingerprint density at radius 2 is 2.50 bits per heavy atom. The van der Waals surface area contributed by atoms with Crippen molar-refractivity contribution >= 4 is 0 Å². The van der Waals surface area contributed by atoms with Gasteiger partial charge in [-0.15, -0.1) is 0 Å². The van der Waals surface area contributed by atoms with Gasteiger partial charge in [0.15, 0.2) is 0 Å². The van der Waals surface area contributed by atoms with E-state index < -0.39 is 0 Å². The molecular weight excluding hydrogens is 100 g/mol. The summed E-state index contributed by atoms with van der Waals surface area (Å²) in [4.78, 5) is 2.45. The van der Waals surface area contributed by atoms with Gasteiger partial charge in [0.1, 0.15) is 0 Å². The Morgan fingerprint density at radius 1 is 1.62 bits per heavy atom. The van der Waals surface area contributed by atoms with E-state index in [0.29, 0.717) is 0 Å². The van der Waals surface area contributed by atoms with Crippen molar-refractivity contribution in [3.63, 3.8) is 0 Å². The molecule has 0 aromatic heterocycles. The molecule has 1 heterocycles. The van der Waals surface area contributed by atoms with Gasteiger partial charge < -0.3 is 10.2 Å². The molecule has 46 valence electrons. The highest BCUT2D eigenvalue weighted by Gasteiger charge is 2.41. The molecule has 0 bridgehead atoms. The summed E-state index contributed by atoms with van der Waals surface area (Å²) in [6.07, 6.45) is 1.39. The number of hydrogen-bond donors (Lipinski definition) is 1. The number of likely N-dealkylation sites (N-methyl/N-ethyl adjacent to an activating group) is 1. The van der Waals surface area contributed by atoms with Crippen molar-refractivity contribution in [2.24, 2.45) is 0 Å². The van der Waals surface area contributed by atoms with Crippen LogP contribution < -0.4 is 5.32 Å². The maximum absolute atomic E-state index is 3.44. The Hall–Kier alpha value is -0.0800. The molecule has 2 fully saturated rings. The average molecular weight is 112 g/mol. The van der Waals surface area contributed by atoms with E-state index in [-0.39, 0.29) is 0 Å². The van der Waals surface area contributed by atoms with Crippen molar-refractivity contribution in [2.75, 3.05) is 20.1 Å². The third-order valence-electron chi connectivity index (χ3n) is 2.19. The van der Waals surface area contributed by atoms with Crippen LogP contribution in [-0.2, 0) is 0 Å². The van der Waals surface area contributed by atoms with Gasteiger partial charge in [-0.1, -0.05) is 0 Å². The summed E-state index contributed by atoms with van der Waals surface area (Å²) in [5.41, 5.74) is 0. The van der Waals surface area contributed by atoms with Gasteiger partial charge >= 0.3 is 0 Å². The third kappa shape index (κ3) is 0.565. The number of hydrogen-bond acceptors (Lipinski definition) is 2. The Kier molecular flexibility index (Phi) is 0.866. The zero-order chi connectivity index (χ0) is 5.56. The minimum absolute atomic E-state index is 0.855. The quantitative estimate of drug-likeness (QED) is 0.461. The molecule has 0 spiro atoms. The zero-order valence-corrected chi connectivity index (χ0v) is 5.22. The lowest BCUT2D eigenvalue weighted by atomic mass is 10.4. The molecule has 1 saturated carbocycles. The van der Waals surface area contributed by atoms with E-state index in [4.69, 9.17) is 0 Å². The van der Waals surface area contributed by atoms with Gasteiger partial charge in [0, 0.05) is 25.2 Å². The van der Waals surface area contributed by atoms with Crippen molar-refractivity contribution in [3.05, 3.63) is 0 Å². The van der Waals surface area contributed by atoms with Gasteiger partial charge in [-0.3, -0.25) is 0 Å². The monoisotopic (exact) mass is 112 g/mol. The first-order valence-corrected chi connectivity index (χ1v) is 3.31. The van der Waals surface area contributed by atoms with Crippen molar-refractivity contribution in [2.45, 2.75) is 18.5 Å². The second-order valence-corrected chi connectivity index (χ2v) is 2.84. The standard InChI is InChI=1S/C6H12N2/c1-8-3-2-7-5-4-6(5)8/h5-7H,2-4H2,1H3/t5?,6-/m0/s1. The Morgan fingerprint density at radius 3 is 3.12 bits per heavy atom. The molecular formula is C6H12N2. The van der Waals surface area contributed by atoms with Crippen LogP contribution in [0.1, 0.15) is 6.42 Å². The van der Waals surface area contributed by atoms with Crippen molar-refractivity contribution < 1.29 is 0 Å². The molecule has 2 atom stereocenters. The van der Waals surface area contributed by atoms with Crippen LogP contribution in [0.2, 0.25) is 0 Å². The van der Waals surface area contributed by atoms with Gasteiger partial charge in [-0.2, -0.15) is 0 Å². The van der Waals surface area contributed by atoms with Gasteiger partial charge in [0.25, 0.3) is 0 Å². The molecule has 1 saturated heterocycles. The zero-order valence-electron chi connectivity index (χ0n) is 5.22. The lowest BCUT2D eigenvalue weighted by Gasteiger charge is -2.21. The average Bonchev–Trinajstić information content (AvgIpc) is 2.45. The van der Waals surface area contributed by atoms with Gasteiger partial charge in [0.05, 0.1) is 0 Å². The van der Waals surface area contributed by atoms with E-state index in [1.165, 1.54) is 19.5 Å². The molecule has 8 heavy (non-hydrogen) atoms. The highest BCUT2D eigenvalue weighted by atomic mass is 15.3. The fraction of sp³-hybridized carbons (Fsp3) is 1.00. The number of rotatable bonds is 0. The summed E-state index contributed by atoms with van der Waals surface area (Å²) in [6, 6.07) is 1.75. The Bertz CT molecular complexity index is 103. The summed E-state index contributed by atoms with van der Waals surface area (Å²) in [5, 5.41) is 3.44. The lowest BCUT2D eigenvalue weighted by Crippen LogP contribution is -2.41. The Balaban J connectivity index is 1.99. The van der Waals surface area contributed by atoms with E-state index >= 15 is 0 Å². The van der Waals surface area contributed by atoms with Crippen LogP contribution in [0.15, 0.2) is 0 Å². The van der Waals surface area contributed by atoms with Crippen LogP contribution >= 0.6 is 0 Å². The molecule has 0 aromatic rings. The van der Waals surface area contributed by atoms with Gasteiger partial charge in [0.2, 0.25) is 0 Å². The molecule has 0 radical (unpaired) electrons. The normalized spacial score (nSPS) is 46.1. The molecule has 2 heteroatoms. The second kappa shape index (κ2) is 1.45. The molecule has 1 aliphatic heterocycles. The van der Waals surface area contributed by atoms with Crippen LogP contribution in [0.25, 0.3) is 0 Å². The maximum atomic E-state index is 3.44. The highest BCUT2D eigenvalue weighted by Crippen LogP contribution is 2.28. The molecule has 0 aromatic carbocycles. The second-order valence-electron chi connectivity index (χ2n) is 2.84. The van der Waals surface area contributed by atoms with Crippen LogP contribution in [0.3, 0.4) is 0 Å². The first-order valence-electron chi connectivity index (χ1n) is 3.31. The summed E-state index contributed by atoms with van der Waals surface area (Å²) < 4.78 is 0. The predicted molar refractivity (Wildman–Crippen MR) is 32.8 cm³/mol. The van der Waals surface area contributed by atoms with Crippen molar-refractivity contribution in [1.29, 1.82) is 0 Å². The molecule has 2 nitrogen and oxygen atoms in total. The number of piperazine rings is 1. The minimum atomic E-state index is 0.855. The largest absolute Gasteiger partial charge is 0.311 e. The molecule has 1 unspecified atom stereocenters. The fourth-order valence-corrected chi connectivity index (χ4v) is 1.48. The van der Waals surface area contributed by atoms with E-state index in [0.717, 1.165) is 12.1 Å². The fourth-order valence-electron chi connectivity index (χ4n) is 1.48. The van der Waals surface area contributed by atoms with E-state index in [9.17, 15) is 0 Å². The Labute approximate surface area is 49.9 Å². The van der Waals surface area contributed by atoms with Crippen LogP contribution in [0.4, 0.5) is 0 Å². The number of nitrogens with zero attached hydrogens (tertiary/aromatic N) is 1. The van der Waals surface area contributed by atoms with Gasteiger partial charge in [-0.05, 0) is 13.5 Å². The van der Waals surface area contributed by atoms with Crippen molar-refractivity contribution in [3.8, 4) is 0 Å². The SMILES string of the molecule is CN1CCNC2C[C@@H]21. The van der Waals surface area contributed by atoms with Gasteiger partial charge in [-0.25, -0.2) is 0 Å². The van der Waals surface area contributed by atoms with Crippen molar-refractivity contribution in [1.82, 2.24) is 10.2 Å². The number of fused-ring (bicyclic) bond motifs is 1. The maximum Gasteiger partial charge on any atom is 0.0262 e. The van der Waals surface area contributed by atoms with E-state index in [1.54, 1.807) is 0 Å². The summed E-state index contributed by atoms with van der Waals surface area (Å²) >= 11 is 0. The summed E-state index contributed by atoms with van der Waals surface area (Å²) in [6.45, 7) is 2.43. The lowest BCUT2D eigenvalue weighted by molar-refractivity contribution is 0.279. The van der Waals surface area contributed by atoms with Crippen LogP contribution in [-0.4, -0.2) is 37.1 Å². The first kappa shape index (κ1) is 4.77. The molecule has 2 rings (SSSR count). The smallest absolute Gasteiger partial charge is 0.0262 e.